The Bertz CT molecular complexity index is 1280. The van der Waals surface area contributed by atoms with Gasteiger partial charge in [-0.3, -0.25) is 4.79 Å². The Kier molecular flexibility index (Phi) is 8.51. The molecule has 3 aromatic rings. The summed E-state index contributed by atoms with van der Waals surface area (Å²) >= 11 is 10.5. The Morgan fingerprint density at radius 3 is 2.72 bits per heavy atom. The van der Waals surface area contributed by atoms with Crippen molar-refractivity contribution in [3.05, 3.63) is 59.4 Å². The molecule has 2 aromatic carbocycles. The summed E-state index contributed by atoms with van der Waals surface area (Å²) in [4.78, 5) is 17.9. The molecular formula is C23H20Br3N3O3. The molecule has 0 amide bonds. The van der Waals surface area contributed by atoms with E-state index < -0.39 is 0 Å². The van der Waals surface area contributed by atoms with Crippen molar-refractivity contribution in [2.24, 2.45) is 5.10 Å². The fourth-order valence-electron chi connectivity index (χ4n) is 3.03. The van der Waals surface area contributed by atoms with E-state index in [1.807, 2.05) is 12.1 Å². The largest absolute Gasteiger partial charge is 0.493 e. The normalized spacial score (nSPS) is 11.1. The Morgan fingerprint density at radius 2 is 2.03 bits per heavy atom. The molecule has 9 heteroatoms. The topological polar surface area (TPSA) is 65.7 Å². The first-order valence-electron chi connectivity index (χ1n) is 9.79. The highest BCUT2D eigenvalue weighted by Crippen LogP contribution is 2.42. The van der Waals surface area contributed by atoms with Crippen LogP contribution in [-0.4, -0.2) is 29.6 Å². The number of fused-ring (bicyclic) bond motifs is 1. The average molecular weight is 626 g/mol. The van der Waals surface area contributed by atoms with Crippen molar-refractivity contribution in [3.63, 3.8) is 0 Å². The third-order valence-corrected chi connectivity index (χ3v) is 7.25. The van der Waals surface area contributed by atoms with Crippen molar-refractivity contribution < 1.29 is 9.47 Å². The SMILES string of the molecule is C#CCOc1c(OC)cc(C=Nn2c(CCCC)nc3ccc(Br)cc3c2=O)c(Br)c1Br. The zero-order chi connectivity index (χ0) is 23.3. The van der Waals surface area contributed by atoms with Crippen LogP contribution in [-0.2, 0) is 6.42 Å². The van der Waals surface area contributed by atoms with Crippen molar-refractivity contribution in [2.45, 2.75) is 26.2 Å². The van der Waals surface area contributed by atoms with Crippen LogP contribution in [0.1, 0.15) is 31.2 Å². The molecule has 1 heterocycles. The number of hydrogen-bond acceptors (Lipinski definition) is 5. The van der Waals surface area contributed by atoms with Crippen LogP contribution in [0, 0.1) is 12.3 Å². The molecule has 0 atom stereocenters. The first-order chi connectivity index (χ1) is 15.4. The maximum atomic E-state index is 13.2. The molecule has 0 bridgehead atoms. The number of nitrogens with zero attached hydrogens (tertiary/aromatic N) is 3. The van der Waals surface area contributed by atoms with E-state index in [-0.39, 0.29) is 12.2 Å². The molecule has 0 saturated heterocycles. The standard InChI is InChI=1S/C23H20Br3N3O3/c1-4-6-7-19-28-17-9-8-15(24)12-16(17)23(30)29(19)27-13-14-11-18(31-3)22(32-10-5-2)21(26)20(14)25/h2,8-9,11-13H,4,6-7,10H2,1,3H3. The lowest BCUT2D eigenvalue weighted by Gasteiger charge is -2.14. The minimum absolute atomic E-state index is 0.101. The van der Waals surface area contributed by atoms with Gasteiger partial charge in [-0.2, -0.15) is 9.78 Å². The Labute approximate surface area is 211 Å². The minimum Gasteiger partial charge on any atom is -0.493 e. The summed E-state index contributed by atoms with van der Waals surface area (Å²) in [5.41, 5.74) is 1.11. The predicted molar refractivity (Wildman–Crippen MR) is 138 cm³/mol. The monoisotopic (exact) mass is 623 g/mol. The Balaban J connectivity index is 2.13. The molecule has 0 spiro atoms. The van der Waals surface area contributed by atoms with Gasteiger partial charge in [0.2, 0.25) is 0 Å². The molecule has 0 aliphatic rings. The fourth-order valence-corrected chi connectivity index (χ4v) is 4.33. The summed E-state index contributed by atoms with van der Waals surface area (Å²) in [6.07, 6.45) is 9.41. The average Bonchev–Trinajstić information content (AvgIpc) is 2.79. The fraction of sp³-hybridized carbons (Fsp3) is 0.261. The van der Waals surface area contributed by atoms with Crippen LogP contribution in [0.2, 0.25) is 0 Å². The van der Waals surface area contributed by atoms with Crippen molar-refractivity contribution in [2.75, 3.05) is 13.7 Å². The molecule has 3 rings (SSSR count). The summed E-state index contributed by atoms with van der Waals surface area (Å²) < 4.78 is 14.5. The van der Waals surface area contributed by atoms with E-state index in [0.29, 0.717) is 49.2 Å². The summed E-state index contributed by atoms with van der Waals surface area (Å²) in [5, 5.41) is 4.99. The zero-order valence-electron chi connectivity index (χ0n) is 17.5. The molecule has 166 valence electrons. The first-order valence-corrected chi connectivity index (χ1v) is 12.2. The van der Waals surface area contributed by atoms with Gasteiger partial charge in [-0.15, -0.1) is 6.42 Å². The highest BCUT2D eigenvalue weighted by Gasteiger charge is 2.17. The third-order valence-electron chi connectivity index (χ3n) is 4.62. The molecule has 6 nitrogen and oxygen atoms in total. The summed E-state index contributed by atoms with van der Waals surface area (Å²) in [7, 11) is 1.54. The highest BCUT2D eigenvalue weighted by atomic mass is 79.9. The second kappa shape index (κ2) is 11.1. The maximum Gasteiger partial charge on any atom is 0.282 e. The second-order valence-electron chi connectivity index (χ2n) is 6.77. The molecular weight excluding hydrogens is 606 g/mol. The minimum atomic E-state index is -0.227. The van der Waals surface area contributed by atoms with Crippen LogP contribution >= 0.6 is 47.8 Å². The second-order valence-corrected chi connectivity index (χ2v) is 9.27. The van der Waals surface area contributed by atoms with Crippen molar-refractivity contribution in [1.82, 2.24) is 9.66 Å². The van der Waals surface area contributed by atoms with Gasteiger partial charge in [0.25, 0.3) is 5.56 Å². The van der Waals surface area contributed by atoms with Crippen molar-refractivity contribution >= 4 is 64.9 Å². The van der Waals surface area contributed by atoms with Crippen LogP contribution in [0.15, 0.2) is 47.6 Å². The van der Waals surface area contributed by atoms with E-state index in [2.05, 4.69) is 65.7 Å². The van der Waals surface area contributed by atoms with Crippen molar-refractivity contribution in [3.8, 4) is 23.8 Å². The number of terminal acetylenes is 1. The van der Waals surface area contributed by atoms with E-state index in [1.165, 1.54) is 11.8 Å². The van der Waals surface area contributed by atoms with E-state index in [0.717, 1.165) is 17.3 Å². The van der Waals surface area contributed by atoms with Gasteiger partial charge in [0.15, 0.2) is 11.5 Å². The lowest BCUT2D eigenvalue weighted by atomic mass is 10.2. The van der Waals surface area contributed by atoms with Gasteiger partial charge in [0.1, 0.15) is 12.4 Å². The van der Waals surface area contributed by atoms with Gasteiger partial charge in [0.05, 0.1) is 28.7 Å². The zero-order valence-corrected chi connectivity index (χ0v) is 22.3. The van der Waals surface area contributed by atoms with Gasteiger partial charge < -0.3 is 9.47 Å². The van der Waals surface area contributed by atoms with Crippen LogP contribution in [0.5, 0.6) is 11.5 Å². The van der Waals surface area contributed by atoms with Gasteiger partial charge in [0, 0.05) is 20.9 Å². The molecule has 0 fully saturated rings. The number of aromatic nitrogens is 2. The van der Waals surface area contributed by atoms with Gasteiger partial charge in [-0.25, -0.2) is 4.98 Å². The molecule has 0 aliphatic carbocycles. The quantitative estimate of drug-likeness (QED) is 0.230. The van der Waals surface area contributed by atoms with Crippen LogP contribution in [0.4, 0.5) is 0 Å². The summed E-state index contributed by atoms with van der Waals surface area (Å²) in [6, 6.07) is 7.22. The molecule has 0 aliphatic heterocycles. The Hall–Kier alpha value is -2.15. The highest BCUT2D eigenvalue weighted by molar-refractivity contribution is 9.13. The lowest BCUT2D eigenvalue weighted by Crippen LogP contribution is -2.22. The van der Waals surface area contributed by atoms with E-state index in [1.54, 1.807) is 18.3 Å². The van der Waals surface area contributed by atoms with Crippen molar-refractivity contribution in [1.29, 1.82) is 0 Å². The summed E-state index contributed by atoms with van der Waals surface area (Å²) in [6.45, 7) is 2.19. The molecule has 0 saturated carbocycles. The number of aryl methyl sites for hydroxylation is 1. The molecule has 1 aromatic heterocycles. The van der Waals surface area contributed by atoms with Gasteiger partial charge >= 0.3 is 0 Å². The first kappa shape index (κ1) is 24.5. The Morgan fingerprint density at radius 1 is 1.25 bits per heavy atom. The van der Waals surface area contributed by atoms with E-state index in [9.17, 15) is 4.79 Å². The van der Waals surface area contributed by atoms with Crippen LogP contribution in [0.25, 0.3) is 10.9 Å². The number of methoxy groups -OCH3 is 1. The number of rotatable bonds is 8. The third kappa shape index (κ3) is 5.25. The number of hydrogen-bond donors (Lipinski definition) is 0. The van der Waals surface area contributed by atoms with Gasteiger partial charge in [-0.05, 0) is 62.5 Å². The van der Waals surface area contributed by atoms with E-state index in [4.69, 9.17) is 20.9 Å². The molecule has 0 N–H and O–H groups in total. The van der Waals surface area contributed by atoms with Crippen LogP contribution < -0.4 is 15.0 Å². The molecule has 0 radical (unpaired) electrons. The smallest absolute Gasteiger partial charge is 0.282 e. The van der Waals surface area contributed by atoms with Crippen LogP contribution in [0.3, 0.4) is 0 Å². The summed E-state index contributed by atoms with van der Waals surface area (Å²) in [5.74, 6) is 4.01. The van der Waals surface area contributed by atoms with E-state index >= 15 is 0 Å². The number of unbranched alkanes of at least 4 members (excludes halogenated alkanes) is 1. The van der Waals surface area contributed by atoms with Gasteiger partial charge in [-0.1, -0.05) is 35.2 Å². The number of benzene rings is 2. The maximum absolute atomic E-state index is 13.2. The molecule has 0 unspecified atom stereocenters. The number of halogens is 3. The lowest BCUT2D eigenvalue weighted by molar-refractivity contribution is 0.328. The molecule has 32 heavy (non-hydrogen) atoms. The predicted octanol–water partition coefficient (Wildman–Crippen LogP) is 5.93. The number of ether oxygens (including phenoxy) is 2.